The Balaban J connectivity index is 0.612. The van der Waals surface area contributed by atoms with E-state index < -0.39 is 52.4 Å². The van der Waals surface area contributed by atoms with Gasteiger partial charge in [-0.05, 0) is 297 Å². The summed E-state index contributed by atoms with van der Waals surface area (Å²) < 4.78 is 35.5. The van der Waals surface area contributed by atoms with Crippen molar-refractivity contribution in [2.75, 3.05) is 0 Å². The molecule has 3 aliphatic carbocycles. The predicted molar refractivity (Wildman–Crippen MR) is 501 cm³/mol. The van der Waals surface area contributed by atoms with Crippen molar-refractivity contribution in [2.24, 2.45) is 0 Å². The van der Waals surface area contributed by atoms with E-state index >= 15 is 0 Å². The van der Waals surface area contributed by atoms with Gasteiger partial charge in [0.15, 0.2) is 0 Å². The molecule has 127 heavy (non-hydrogen) atoms. The van der Waals surface area contributed by atoms with Crippen molar-refractivity contribution in [2.45, 2.75) is 63.1 Å². The molecule has 0 heterocycles. The fourth-order valence-corrected chi connectivity index (χ4v) is 19.0. The minimum Gasteiger partial charge on any atom is -0.461 e. The second kappa shape index (κ2) is 32.1. The Morgan fingerprint density at radius 1 is 0.276 bits per heavy atom. The third kappa shape index (κ3) is 14.0. The minimum absolute atomic E-state index is 0.191. The van der Waals surface area contributed by atoms with Crippen molar-refractivity contribution < 1.29 is 57.5 Å². The molecule has 12 nitrogen and oxygen atoms in total. The lowest BCUT2D eigenvalue weighted by molar-refractivity contribution is -0.131. The quantitative estimate of drug-likeness (QED) is 0.0212. The number of ether oxygens (including phenoxy) is 6. The summed E-state index contributed by atoms with van der Waals surface area (Å²) in [5.74, 6) is -0.489. The normalized spacial score (nSPS) is 14.8. The second-order valence-electron chi connectivity index (χ2n) is 33.3. The number of esters is 5. The Morgan fingerprint density at radius 2 is 0.575 bits per heavy atom. The summed E-state index contributed by atoms with van der Waals surface area (Å²) in [6.45, 7) is 30.4. The van der Waals surface area contributed by atoms with Gasteiger partial charge in [0.05, 0.1) is 16.2 Å². The number of carbonyl (C=O) groups excluding carboxylic acids is 5. The smallest absolute Gasteiger partial charge is 0.339 e. The van der Waals surface area contributed by atoms with Crippen LogP contribution in [-0.4, -0.2) is 41.2 Å². The Morgan fingerprint density at radius 3 is 0.976 bits per heavy atom. The second-order valence-corrected chi connectivity index (χ2v) is 33.3. The Kier molecular flexibility index (Phi) is 20.4. The van der Waals surface area contributed by atoms with Crippen LogP contribution in [0.4, 0.5) is 0 Å². The van der Waals surface area contributed by atoms with E-state index in [0.29, 0.717) is 40.1 Å². The Hall–Kier alpha value is -15.9. The number of hydrogen-bond donors (Lipinski definition) is 1. The highest BCUT2D eigenvalue weighted by Crippen LogP contribution is 2.62. The van der Waals surface area contributed by atoms with Crippen LogP contribution in [-0.2, 0) is 53.1 Å². The number of aliphatic hydroxyl groups is 1. The van der Waals surface area contributed by atoms with Gasteiger partial charge in [-0.1, -0.05) is 258 Å². The van der Waals surface area contributed by atoms with Gasteiger partial charge in [-0.15, -0.1) is 0 Å². The van der Waals surface area contributed by atoms with Crippen molar-refractivity contribution in [1.29, 1.82) is 0 Å². The molecule has 0 bridgehead atoms. The fourth-order valence-electron chi connectivity index (χ4n) is 19.0. The van der Waals surface area contributed by atoms with E-state index in [9.17, 15) is 29.1 Å². The topological polar surface area (TPSA) is 161 Å². The zero-order chi connectivity index (χ0) is 87.9. The zero-order valence-corrected chi connectivity index (χ0v) is 70.3. The number of hydrogen-bond acceptors (Lipinski definition) is 12. The van der Waals surface area contributed by atoms with Crippen LogP contribution in [0.2, 0.25) is 0 Å². The molecule has 12 heteroatoms. The van der Waals surface area contributed by atoms with Crippen LogP contribution in [0.25, 0.3) is 76.5 Å². The molecule has 3 aliphatic rings. The molecule has 0 aliphatic heterocycles. The molecule has 0 saturated carbocycles. The van der Waals surface area contributed by atoms with Gasteiger partial charge in [-0.3, -0.25) is 0 Å². The molecule has 3 unspecified atom stereocenters. The summed E-state index contributed by atoms with van der Waals surface area (Å²) in [5, 5.41) is 18.7. The predicted octanol–water partition coefficient (Wildman–Crippen LogP) is 24.5. The summed E-state index contributed by atoms with van der Waals surface area (Å²) in [6.07, 6.45) is -0.767. The first-order valence-corrected chi connectivity index (χ1v) is 41.9. The van der Waals surface area contributed by atoms with Crippen molar-refractivity contribution in [3.05, 3.63) is 478 Å². The third-order valence-corrected chi connectivity index (χ3v) is 24.9. The van der Waals surface area contributed by atoms with Gasteiger partial charge in [0.1, 0.15) is 34.5 Å². The molecule has 0 spiro atoms. The molecule has 616 valence electrons. The molecular formula is C115H84O12. The first kappa shape index (κ1) is 80.8. The standard InChI is InChI=1S/C115H84O12/c1-67(2)107(116)122-88-44-32-82(33-45-88)113(101-26-18-16-24-96(101)106-94-22-14-13-19-75(94)31-56-102(106)113)83-34-52-92(53-35-83)126-111(120)72(10)58-74-28-30-79-66-105-99(63-81(79)60-74)98-61-76-20-11-12-21-77(76)64-104(98)115(105,86-40-50-91(51-41-86)125-110(119)70(7)8)87-42-54-93(55-43-87)127-112(121)71(9)57-73-27-29-78-65-103-97(62-80(78)59-73)95-23-15-17-25-100(95)114(103,84-36-46-89(47-37-84)123-108(117)68(3)4)85-38-48-90(49-39-85)124-109(118)69(5)6/h11-56,59-66,107,116H,1,3,5,7,9-10,57-58H2,2,4,6,8H3. The number of rotatable bonds is 23. The zero-order valence-electron chi connectivity index (χ0n) is 70.3. The largest absolute Gasteiger partial charge is 0.461 e. The number of aliphatic hydroxyl groups excluding tert-OH is 1. The third-order valence-electron chi connectivity index (χ3n) is 24.9. The van der Waals surface area contributed by atoms with E-state index in [-0.39, 0.29) is 40.7 Å². The van der Waals surface area contributed by atoms with E-state index in [1.54, 1.807) is 64.1 Å². The highest BCUT2D eigenvalue weighted by Gasteiger charge is 2.50. The maximum atomic E-state index is 14.5. The van der Waals surface area contributed by atoms with Gasteiger partial charge < -0.3 is 33.5 Å². The summed E-state index contributed by atoms with van der Waals surface area (Å²) >= 11 is 0. The monoisotopic (exact) mass is 1660 g/mol. The van der Waals surface area contributed by atoms with Crippen LogP contribution in [0.5, 0.6) is 34.5 Å². The highest BCUT2D eigenvalue weighted by molar-refractivity contribution is 6.06. The van der Waals surface area contributed by atoms with Crippen molar-refractivity contribution in [3.8, 4) is 67.9 Å². The highest BCUT2D eigenvalue weighted by atomic mass is 16.6. The van der Waals surface area contributed by atoms with Crippen molar-refractivity contribution in [1.82, 2.24) is 0 Å². The Bertz CT molecular complexity index is 7320. The van der Waals surface area contributed by atoms with Gasteiger partial charge in [-0.25, -0.2) is 24.0 Å². The first-order valence-electron chi connectivity index (χ1n) is 41.9. The number of benzene rings is 16. The molecule has 0 radical (unpaired) electrons. The first-order chi connectivity index (χ1) is 61.4. The lowest BCUT2D eigenvalue weighted by Crippen LogP contribution is -2.28. The molecule has 3 atom stereocenters. The molecule has 19 rings (SSSR count). The maximum Gasteiger partial charge on any atom is 0.339 e. The van der Waals surface area contributed by atoms with Crippen molar-refractivity contribution >= 4 is 72.9 Å². The van der Waals surface area contributed by atoms with Crippen LogP contribution >= 0.6 is 0 Å². The van der Waals surface area contributed by atoms with Crippen LogP contribution in [0.3, 0.4) is 0 Å². The SMILES string of the molecule is C=C(C)C(=O)Oc1ccc(C2(c3ccc(OC(=O)C(=C)C)cc3)c3ccccc3-c3cc4cc(CC(=C)C(=O)Oc5ccc(C6(c7ccc(OC(=O)C(=C)C)cc7)c7cc8ccccc8cc7-c7cc8cc(CC(=C)C(=O)Oc9ccc(C%10(c%11ccc(OC(O)C(=C)C)cc%11)c%11ccccc%11-c%11c%10ccc%10ccccc%11%10)cc9)ccc8cc76)cc5)ccc4cc32)cc1. The average molecular weight is 1660 g/mol. The van der Waals surface area contributed by atoms with Gasteiger partial charge in [0, 0.05) is 40.7 Å². The molecule has 0 fully saturated rings. The van der Waals surface area contributed by atoms with E-state index in [0.717, 1.165) is 154 Å². The Labute approximate surface area is 735 Å². The fraction of sp³-hybridized carbons (Fsp3) is 0.0870. The van der Waals surface area contributed by atoms with Gasteiger partial charge in [0.25, 0.3) is 0 Å². The summed E-state index contributed by atoms with van der Waals surface area (Å²) in [4.78, 5) is 67.4. The van der Waals surface area contributed by atoms with E-state index in [2.05, 4.69) is 185 Å². The molecule has 16 aromatic rings. The van der Waals surface area contributed by atoms with E-state index in [4.69, 9.17) is 28.4 Å². The van der Waals surface area contributed by atoms with Crippen LogP contribution in [0.15, 0.2) is 400 Å². The van der Waals surface area contributed by atoms with Gasteiger partial charge in [-0.2, -0.15) is 0 Å². The molecule has 0 aromatic heterocycles. The molecule has 0 amide bonds. The summed E-state index contributed by atoms with van der Waals surface area (Å²) in [5.41, 5.74) is 18.8. The van der Waals surface area contributed by atoms with E-state index in [1.165, 1.54) is 0 Å². The average Bonchev–Trinajstić information content (AvgIpc) is 1.70. The van der Waals surface area contributed by atoms with Gasteiger partial charge >= 0.3 is 29.8 Å². The molecule has 0 saturated heterocycles. The van der Waals surface area contributed by atoms with Crippen molar-refractivity contribution in [3.63, 3.8) is 0 Å². The summed E-state index contributed by atoms with van der Waals surface area (Å²) in [6, 6.07) is 110. The number of fused-ring (bicyclic) bond motifs is 14. The molecule has 1 N–H and O–H groups in total. The van der Waals surface area contributed by atoms with Gasteiger partial charge in [0.2, 0.25) is 6.29 Å². The van der Waals surface area contributed by atoms with Crippen LogP contribution < -0.4 is 28.4 Å². The van der Waals surface area contributed by atoms with E-state index in [1.807, 2.05) is 146 Å². The molecule has 16 aromatic carbocycles. The van der Waals surface area contributed by atoms with Crippen LogP contribution in [0, 0.1) is 0 Å². The maximum absolute atomic E-state index is 14.5. The lowest BCUT2D eigenvalue weighted by atomic mass is 9.67. The van der Waals surface area contributed by atoms with Crippen LogP contribution in [0.1, 0.15) is 106 Å². The molecular weight excluding hydrogens is 1570 g/mol. The minimum atomic E-state index is -1.16. The lowest BCUT2D eigenvalue weighted by Gasteiger charge is -2.34. The summed E-state index contributed by atoms with van der Waals surface area (Å²) in [7, 11) is 0. The number of carbonyl (C=O) groups is 5.